The van der Waals surface area contributed by atoms with E-state index in [2.05, 4.69) is 16.9 Å². The summed E-state index contributed by atoms with van der Waals surface area (Å²) in [5.41, 5.74) is 2.03. The van der Waals surface area contributed by atoms with Crippen LogP contribution in [0.3, 0.4) is 0 Å². The number of hydrogen-bond donors (Lipinski definition) is 1. The van der Waals surface area contributed by atoms with Crippen LogP contribution in [0.2, 0.25) is 0 Å². The molecule has 1 aromatic heterocycles. The molecule has 0 aliphatic carbocycles. The van der Waals surface area contributed by atoms with Crippen molar-refractivity contribution in [2.45, 2.75) is 19.9 Å². The highest BCUT2D eigenvalue weighted by Gasteiger charge is 2.35. The van der Waals surface area contributed by atoms with Gasteiger partial charge in [-0.05, 0) is 32.5 Å². The van der Waals surface area contributed by atoms with Gasteiger partial charge >= 0.3 is 0 Å². The molecule has 2 heterocycles. The third kappa shape index (κ3) is 3.28. The third-order valence-electron chi connectivity index (χ3n) is 3.50. The Balaban J connectivity index is 1.93. The second-order valence-corrected chi connectivity index (χ2v) is 5.40. The molecule has 0 saturated carbocycles. The average molecular weight is 250 g/mol. The minimum absolute atomic E-state index is 0.0847. The number of nitrogens with zero attached hydrogens (tertiary/aromatic N) is 2. The standard InChI is InChI=1S/C14H22N2O2/c1-12-4-3-5-13(15-12)8-16(2)9-14(10-17)6-7-18-11-14/h3-5,17H,6-11H2,1-2H3. The number of aromatic nitrogens is 1. The van der Waals surface area contributed by atoms with Crippen LogP contribution in [0.15, 0.2) is 18.2 Å². The number of pyridine rings is 1. The van der Waals surface area contributed by atoms with Crippen LogP contribution in [-0.2, 0) is 11.3 Å². The van der Waals surface area contributed by atoms with E-state index in [0.717, 1.165) is 37.5 Å². The molecule has 2 rings (SSSR count). The molecule has 1 N–H and O–H groups in total. The van der Waals surface area contributed by atoms with Gasteiger partial charge in [0.15, 0.2) is 0 Å². The van der Waals surface area contributed by atoms with Gasteiger partial charge < -0.3 is 9.84 Å². The molecule has 1 aromatic rings. The summed E-state index contributed by atoms with van der Waals surface area (Å²) < 4.78 is 5.42. The van der Waals surface area contributed by atoms with Crippen LogP contribution in [0.5, 0.6) is 0 Å². The van der Waals surface area contributed by atoms with Crippen LogP contribution in [0.1, 0.15) is 17.8 Å². The predicted molar refractivity (Wildman–Crippen MR) is 70.3 cm³/mol. The third-order valence-corrected chi connectivity index (χ3v) is 3.50. The first-order valence-electron chi connectivity index (χ1n) is 6.43. The van der Waals surface area contributed by atoms with Crippen LogP contribution >= 0.6 is 0 Å². The maximum Gasteiger partial charge on any atom is 0.0557 e. The lowest BCUT2D eigenvalue weighted by molar-refractivity contribution is 0.0621. The Morgan fingerprint density at radius 1 is 1.50 bits per heavy atom. The lowest BCUT2D eigenvalue weighted by atomic mass is 9.88. The monoisotopic (exact) mass is 250 g/mol. The van der Waals surface area contributed by atoms with E-state index in [1.807, 2.05) is 25.1 Å². The fourth-order valence-corrected chi connectivity index (χ4v) is 2.54. The van der Waals surface area contributed by atoms with E-state index in [-0.39, 0.29) is 12.0 Å². The molecule has 0 amide bonds. The Kier molecular flexibility index (Phi) is 4.32. The molecular formula is C14H22N2O2. The zero-order valence-corrected chi connectivity index (χ0v) is 11.2. The van der Waals surface area contributed by atoms with Gasteiger partial charge in [-0.15, -0.1) is 0 Å². The van der Waals surface area contributed by atoms with Crippen molar-refractivity contribution in [3.8, 4) is 0 Å². The van der Waals surface area contributed by atoms with Crippen LogP contribution in [-0.4, -0.2) is 48.4 Å². The van der Waals surface area contributed by atoms with Crippen molar-refractivity contribution in [3.05, 3.63) is 29.6 Å². The number of rotatable bonds is 5. The lowest BCUT2D eigenvalue weighted by Crippen LogP contribution is -2.38. The summed E-state index contributed by atoms with van der Waals surface area (Å²) in [7, 11) is 2.07. The molecule has 4 nitrogen and oxygen atoms in total. The van der Waals surface area contributed by atoms with Crippen LogP contribution < -0.4 is 0 Å². The molecule has 0 aromatic carbocycles. The topological polar surface area (TPSA) is 45.6 Å². The molecule has 100 valence electrons. The molecule has 18 heavy (non-hydrogen) atoms. The molecule has 1 unspecified atom stereocenters. The molecule has 1 fully saturated rings. The Labute approximate surface area is 109 Å². The first-order valence-corrected chi connectivity index (χ1v) is 6.43. The fourth-order valence-electron chi connectivity index (χ4n) is 2.54. The van der Waals surface area contributed by atoms with E-state index in [4.69, 9.17) is 4.74 Å². The highest BCUT2D eigenvalue weighted by molar-refractivity contribution is 5.09. The van der Waals surface area contributed by atoms with Gasteiger partial charge in [0.2, 0.25) is 0 Å². The van der Waals surface area contributed by atoms with E-state index in [1.54, 1.807) is 0 Å². The highest BCUT2D eigenvalue weighted by atomic mass is 16.5. The number of aliphatic hydroxyl groups is 1. The second-order valence-electron chi connectivity index (χ2n) is 5.40. The minimum Gasteiger partial charge on any atom is -0.396 e. The SMILES string of the molecule is Cc1cccc(CN(C)CC2(CO)CCOC2)n1. The van der Waals surface area contributed by atoms with Crippen LogP contribution in [0, 0.1) is 12.3 Å². The Morgan fingerprint density at radius 3 is 2.94 bits per heavy atom. The van der Waals surface area contributed by atoms with Gasteiger partial charge in [0, 0.05) is 30.8 Å². The lowest BCUT2D eigenvalue weighted by Gasteiger charge is -2.30. The quantitative estimate of drug-likeness (QED) is 0.853. The molecular weight excluding hydrogens is 228 g/mol. The smallest absolute Gasteiger partial charge is 0.0557 e. The summed E-state index contributed by atoms with van der Waals surface area (Å²) in [6.45, 7) is 5.27. The maximum atomic E-state index is 9.55. The summed E-state index contributed by atoms with van der Waals surface area (Å²) in [5.74, 6) is 0. The van der Waals surface area contributed by atoms with Gasteiger partial charge in [-0.3, -0.25) is 9.88 Å². The van der Waals surface area contributed by atoms with Crippen molar-refractivity contribution >= 4 is 0 Å². The van der Waals surface area contributed by atoms with Crippen molar-refractivity contribution in [2.75, 3.05) is 33.4 Å². The molecule has 0 spiro atoms. The van der Waals surface area contributed by atoms with E-state index >= 15 is 0 Å². The first-order chi connectivity index (χ1) is 8.63. The Bertz CT molecular complexity index is 389. The van der Waals surface area contributed by atoms with Crippen molar-refractivity contribution in [2.24, 2.45) is 5.41 Å². The molecule has 1 saturated heterocycles. The molecule has 1 atom stereocenters. The zero-order chi connectivity index (χ0) is 13.0. The normalized spacial score (nSPS) is 23.8. The highest BCUT2D eigenvalue weighted by Crippen LogP contribution is 2.29. The summed E-state index contributed by atoms with van der Waals surface area (Å²) in [6.07, 6.45) is 0.940. The van der Waals surface area contributed by atoms with Gasteiger partial charge in [-0.25, -0.2) is 0 Å². The molecule has 0 radical (unpaired) electrons. The summed E-state index contributed by atoms with van der Waals surface area (Å²) in [5, 5.41) is 9.55. The molecule has 1 aliphatic rings. The number of aryl methyl sites for hydroxylation is 1. The van der Waals surface area contributed by atoms with Crippen molar-refractivity contribution < 1.29 is 9.84 Å². The van der Waals surface area contributed by atoms with Crippen LogP contribution in [0.4, 0.5) is 0 Å². The second kappa shape index (κ2) is 5.78. The largest absolute Gasteiger partial charge is 0.396 e. The summed E-state index contributed by atoms with van der Waals surface area (Å²) in [6, 6.07) is 6.08. The number of ether oxygens (including phenoxy) is 1. The summed E-state index contributed by atoms with van der Waals surface area (Å²) in [4.78, 5) is 6.72. The van der Waals surface area contributed by atoms with Gasteiger partial charge in [0.1, 0.15) is 0 Å². The maximum absolute atomic E-state index is 9.55. The van der Waals surface area contributed by atoms with Gasteiger partial charge in [0.05, 0.1) is 18.9 Å². The number of aliphatic hydroxyl groups excluding tert-OH is 1. The van der Waals surface area contributed by atoms with Crippen LogP contribution in [0.25, 0.3) is 0 Å². The number of hydrogen-bond acceptors (Lipinski definition) is 4. The average Bonchev–Trinajstić information content (AvgIpc) is 2.78. The van der Waals surface area contributed by atoms with Gasteiger partial charge in [0.25, 0.3) is 0 Å². The van der Waals surface area contributed by atoms with E-state index in [0.29, 0.717) is 6.61 Å². The predicted octanol–water partition coefficient (Wildman–Crippen LogP) is 1.22. The van der Waals surface area contributed by atoms with Crippen molar-refractivity contribution in [1.29, 1.82) is 0 Å². The van der Waals surface area contributed by atoms with Gasteiger partial charge in [-0.1, -0.05) is 6.07 Å². The van der Waals surface area contributed by atoms with E-state index in [1.165, 1.54) is 0 Å². The molecule has 1 aliphatic heterocycles. The fraction of sp³-hybridized carbons (Fsp3) is 0.643. The van der Waals surface area contributed by atoms with E-state index in [9.17, 15) is 5.11 Å². The van der Waals surface area contributed by atoms with E-state index < -0.39 is 0 Å². The zero-order valence-electron chi connectivity index (χ0n) is 11.2. The summed E-state index contributed by atoms with van der Waals surface area (Å²) >= 11 is 0. The van der Waals surface area contributed by atoms with Gasteiger partial charge in [-0.2, -0.15) is 0 Å². The first kappa shape index (κ1) is 13.5. The Morgan fingerprint density at radius 2 is 2.33 bits per heavy atom. The van der Waals surface area contributed by atoms with Crippen molar-refractivity contribution in [3.63, 3.8) is 0 Å². The minimum atomic E-state index is -0.0847. The molecule has 4 heteroatoms. The van der Waals surface area contributed by atoms with Crippen molar-refractivity contribution in [1.82, 2.24) is 9.88 Å². The Hall–Kier alpha value is -0.970. The molecule has 0 bridgehead atoms.